The second-order valence-corrected chi connectivity index (χ2v) is 9.61. The van der Waals surface area contributed by atoms with E-state index in [0.717, 1.165) is 30.1 Å². The van der Waals surface area contributed by atoms with Gasteiger partial charge in [0.2, 0.25) is 0 Å². The molecule has 128 valence electrons. The van der Waals surface area contributed by atoms with Gasteiger partial charge in [0, 0.05) is 0 Å². The van der Waals surface area contributed by atoms with Crippen molar-refractivity contribution in [3.8, 4) is 0 Å². The van der Waals surface area contributed by atoms with Crippen molar-refractivity contribution in [1.29, 1.82) is 0 Å². The summed E-state index contributed by atoms with van der Waals surface area (Å²) in [4.78, 5) is 0. The summed E-state index contributed by atoms with van der Waals surface area (Å²) in [6, 6.07) is 0. The van der Waals surface area contributed by atoms with Crippen molar-refractivity contribution in [3.63, 3.8) is 0 Å². The summed E-state index contributed by atoms with van der Waals surface area (Å²) in [7, 11) is 0. The number of ether oxygens (including phenoxy) is 1. The number of epoxide rings is 1. The van der Waals surface area contributed by atoms with Gasteiger partial charge in [0.15, 0.2) is 0 Å². The first-order valence-electron chi connectivity index (χ1n) is 9.55. The van der Waals surface area contributed by atoms with Crippen LogP contribution >= 0.6 is 0 Å². The molecule has 0 aromatic rings. The number of aliphatic hydroxyl groups is 1. The minimum Gasteiger partial charge on any atom is -0.390 e. The Labute approximate surface area is 137 Å². The van der Waals surface area contributed by atoms with Gasteiger partial charge in [-0.25, -0.2) is 0 Å². The van der Waals surface area contributed by atoms with E-state index in [1.54, 1.807) is 0 Å². The second-order valence-electron chi connectivity index (χ2n) is 9.61. The molecule has 3 fully saturated rings. The normalized spacial score (nSPS) is 52.0. The first-order chi connectivity index (χ1) is 10.1. The van der Waals surface area contributed by atoms with Crippen LogP contribution in [0.1, 0.15) is 73.6 Å². The van der Waals surface area contributed by atoms with Gasteiger partial charge >= 0.3 is 0 Å². The van der Waals surface area contributed by atoms with Crippen LogP contribution in [-0.4, -0.2) is 22.4 Å². The summed E-state index contributed by atoms with van der Waals surface area (Å²) < 4.78 is 6.19. The molecule has 22 heavy (non-hydrogen) atoms. The molecule has 7 atom stereocenters. The molecule has 0 radical (unpaired) electrons. The van der Waals surface area contributed by atoms with E-state index in [9.17, 15) is 5.11 Å². The molecule has 3 aliphatic rings. The Kier molecular flexibility index (Phi) is 4.18. The van der Waals surface area contributed by atoms with Crippen LogP contribution in [0, 0.1) is 35.5 Å². The van der Waals surface area contributed by atoms with E-state index in [4.69, 9.17) is 4.74 Å². The van der Waals surface area contributed by atoms with Crippen molar-refractivity contribution >= 4 is 0 Å². The predicted octanol–water partition coefficient (Wildman–Crippen LogP) is 4.65. The van der Waals surface area contributed by atoms with Crippen molar-refractivity contribution in [3.05, 3.63) is 0 Å². The van der Waals surface area contributed by atoms with Crippen LogP contribution in [0.4, 0.5) is 0 Å². The Morgan fingerprint density at radius 3 is 2.09 bits per heavy atom. The van der Waals surface area contributed by atoms with E-state index in [1.807, 2.05) is 0 Å². The molecular formula is C20H36O2. The maximum Gasteiger partial charge on any atom is 0.0952 e. The highest BCUT2D eigenvalue weighted by Crippen LogP contribution is 2.60. The number of rotatable bonds is 3. The standard InChI is InChI=1S/C20H36O2/c1-12(2)14-7-8-19(5,21)16(9-14)17-10-15(13(3)4)11-18-20(17,6)22-18/h12-18,21H,7-11H2,1-6H3. The van der Waals surface area contributed by atoms with Crippen molar-refractivity contribution in [2.24, 2.45) is 35.5 Å². The predicted molar refractivity (Wildman–Crippen MR) is 90.6 cm³/mol. The van der Waals surface area contributed by atoms with E-state index >= 15 is 0 Å². The lowest BCUT2D eigenvalue weighted by Gasteiger charge is -2.49. The SMILES string of the molecule is CC(C)C1CCC(C)(O)C(C2CC(C(C)C)CC3OC32C)C1. The first-order valence-corrected chi connectivity index (χ1v) is 9.55. The second kappa shape index (κ2) is 5.48. The first kappa shape index (κ1) is 16.8. The Morgan fingerprint density at radius 2 is 1.50 bits per heavy atom. The van der Waals surface area contributed by atoms with Crippen LogP contribution in [-0.2, 0) is 4.74 Å². The number of hydrogen-bond acceptors (Lipinski definition) is 2. The lowest BCUT2D eigenvalue weighted by atomic mass is 9.57. The molecule has 2 heteroatoms. The van der Waals surface area contributed by atoms with Crippen LogP contribution in [0.15, 0.2) is 0 Å². The van der Waals surface area contributed by atoms with Gasteiger partial charge in [0.1, 0.15) is 0 Å². The molecule has 1 aliphatic heterocycles. The molecule has 0 aromatic heterocycles. The van der Waals surface area contributed by atoms with E-state index in [-0.39, 0.29) is 5.60 Å². The quantitative estimate of drug-likeness (QED) is 0.770. The van der Waals surface area contributed by atoms with E-state index in [2.05, 4.69) is 41.5 Å². The monoisotopic (exact) mass is 308 g/mol. The van der Waals surface area contributed by atoms with E-state index in [0.29, 0.717) is 17.9 Å². The summed E-state index contributed by atoms with van der Waals surface area (Å²) in [5.41, 5.74) is -0.451. The summed E-state index contributed by atoms with van der Waals surface area (Å²) in [6.07, 6.45) is 6.26. The fraction of sp³-hybridized carbons (Fsp3) is 1.00. The molecule has 0 spiro atoms. The highest BCUT2D eigenvalue weighted by molar-refractivity contribution is 5.13. The van der Waals surface area contributed by atoms with Crippen LogP contribution in [0.2, 0.25) is 0 Å². The summed E-state index contributed by atoms with van der Waals surface area (Å²) >= 11 is 0. The summed E-state index contributed by atoms with van der Waals surface area (Å²) in [5, 5.41) is 11.1. The molecule has 0 amide bonds. The van der Waals surface area contributed by atoms with Gasteiger partial charge in [-0.05, 0) is 81.5 Å². The fourth-order valence-corrected chi connectivity index (χ4v) is 5.48. The molecule has 2 saturated carbocycles. The largest absolute Gasteiger partial charge is 0.390 e. The number of hydrogen-bond donors (Lipinski definition) is 1. The Bertz CT molecular complexity index is 405. The van der Waals surface area contributed by atoms with Gasteiger partial charge in [-0.1, -0.05) is 27.7 Å². The topological polar surface area (TPSA) is 32.8 Å². The highest BCUT2D eigenvalue weighted by Gasteiger charge is 2.64. The van der Waals surface area contributed by atoms with Crippen LogP contribution in [0.25, 0.3) is 0 Å². The smallest absolute Gasteiger partial charge is 0.0952 e. The average Bonchev–Trinajstić information content (AvgIpc) is 3.08. The molecule has 1 N–H and O–H groups in total. The van der Waals surface area contributed by atoms with Gasteiger partial charge < -0.3 is 9.84 Å². The van der Waals surface area contributed by atoms with Gasteiger partial charge in [-0.3, -0.25) is 0 Å². The highest BCUT2D eigenvalue weighted by atomic mass is 16.6. The maximum atomic E-state index is 11.1. The number of fused-ring (bicyclic) bond motifs is 1. The fourth-order valence-electron chi connectivity index (χ4n) is 5.48. The van der Waals surface area contributed by atoms with Gasteiger partial charge in [-0.2, -0.15) is 0 Å². The summed E-state index contributed by atoms with van der Waals surface area (Å²) in [6.45, 7) is 13.8. The van der Waals surface area contributed by atoms with Crippen LogP contribution in [0.3, 0.4) is 0 Å². The molecule has 0 aromatic carbocycles. The molecule has 0 bridgehead atoms. The lowest BCUT2D eigenvalue weighted by Crippen LogP contribution is -2.50. The minimum atomic E-state index is -0.506. The van der Waals surface area contributed by atoms with Crippen molar-refractivity contribution in [2.45, 2.75) is 91.0 Å². The molecule has 1 heterocycles. The average molecular weight is 309 g/mol. The summed E-state index contributed by atoms with van der Waals surface area (Å²) in [5.74, 6) is 3.93. The Hall–Kier alpha value is -0.0800. The van der Waals surface area contributed by atoms with Crippen molar-refractivity contribution in [1.82, 2.24) is 0 Å². The zero-order chi connectivity index (χ0) is 16.3. The van der Waals surface area contributed by atoms with E-state index in [1.165, 1.54) is 25.7 Å². The van der Waals surface area contributed by atoms with E-state index < -0.39 is 5.60 Å². The lowest BCUT2D eigenvalue weighted by molar-refractivity contribution is -0.0951. The molecule has 3 rings (SSSR count). The van der Waals surface area contributed by atoms with Gasteiger partial charge in [0.25, 0.3) is 0 Å². The zero-order valence-corrected chi connectivity index (χ0v) is 15.4. The van der Waals surface area contributed by atoms with Crippen molar-refractivity contribution < 1.29 is 9.84 Å². The van der Waals surface area contributed by atoms with Crippen LogP contribution in [0.5, 0.6) is 0 Å². The Morgan fingerprint density at radius 1 is 0.909 bits per heavy atom. The molecular weight excluding hydrogens is 272 g/mol. The molecule has 1 saturated heterocycles. The Balaban J connectivity index is 1.82. The third-order valence-electron chi connectivity index (χ3n) is 7.54. The third-order valence-corrected chi connectivity index (χ3v) is 7.54. The van der Waals surface area contributed by atoms with Gasteiger partial charge in [0.05, 0.1) is 17.3 Å². The molecule has 7 unspecified atom stereocenters. The van der Waals surface area contributed by atoms with Gasteiger partial charge in [-0.15, -0.1) is 0 Å². The molecule has 2 aliphatic carbocycles. The third kappa shape index (κ3) is 2.75. The van der Waals surface area contributed by atoms with Crippen molar-refractivity contribution in [2.75, 3.05) is 0 Å². The van der Waals surface area contributed by atoms with Crippen LogP contribution < -0.4 is 0 Å². The molecule has 2 nitrogen and oxygen atoms in total. The minimum absolute atomic E-state index is 0.0545. The maximum absolute atomic E-state index is 11.1. The zero-order valence-electron chi connectivity index (χ0n) is 15.4.